The molecule has 3 rings (SSSR count). The van der Waals surface area contributed by atoms with Crippen molar-refractivity contribution in [2.24, 2.45) is 5.92 Å². The van der Waals surface area contributed by atoms with Crippen molar-refractivity contribution in [1.82, 2.24) is 10.2 Å². The van der Waals surface area contributed by atoms with Gasteiger partial charge in [0.25, 0.3) is 5.91 Å². The molecule has 1 amide bonds. The standard InChI is InChI=1S/C20H24N4O2/c1-23-10-15(9-21)17-12-24(11-14-4-2-3-5-16(14)17)20(26)18(22)8-19(25)13-6-7-13/h2-5,8-10,13,17,21-23,25H,6-7,11-12H2,1H3/b15-10+,19-8-,21-9?,22-18?/t17-/m0/s1. The number of hydrogen-bond donors (Lipinski definition) is 4. The molecule has 1 aromatic carbocycles. The van der Waals surface area contributed by atoms with Gasteiger partial charge in [0.05, 0.1) is 5.76 Å². The summed E-state index contributed by atoms with van der Waals surface area (Å²) < 4.78 is 0. The van der Waals surface area contributed by atoms with E-state index in [9.17, 15) is 9.90 Å². The molecular formula is C20H24N4O2. The van der Waals surface area contributed by atoms with Crippen LogP contribution < -0.4 is 5.32 Å². The summed E-state index contributed by atoms with van der Waals surface area (Å²) in [7, 11) is 1.78. The SMILES string of the molecule is CN/C=C(\C=N)[C@@H]1CN(C(=O)C(=N)/C=C(\O)C2CC2)Cc2ccccc21. The molecule has 1 saturated carbocycles. The molecule has 1 aliphatic heterocycles. The molecular weight excluding hydrogens is 328 g/mol. The van der Waals surface area contributed by atoms with Crippen molar-refractivity contribution < 1.29 is 9.90 Å². The zero-order valence-electron chi connectivity index (χ0n) is 14.8. The normalized spacial score (nSPS) is 20.3. The predicted molar refractivity (Wildman–Crippen MR) is 102 cm³/mol. The van der Waals surface area contributed by atoms with Crippen LogP contribution >= 0.6 is 0 Å². The fourth-order valence-electron chi connectivity index (χ4n) is 3.33. The minimum absolute atomic E-state index is 0.112. The van der Waals surface area contributed by atoms with E-state index in [0.29, 0.717) is 13.1 Å². The number of nitrogens with one attached hydrogen (secondary N) is 3. The maximum Gasteiger partial charge on any atom is 0.272 e. The molecule has 6 nitrogen and oxygen atoms in total. The number of carbonyl (C=O) groups excluding carboxylic acids is 1. The van der Waals surface area contributed by atoms with E-state index in [1.807, 2.05) is 24.3 Å². The number of amides is 1. The molecule has 26 heavy (non-hydrogen) atoms. The van der Waals surface area contributed by atoms with Crippen molar-refractivity contribution in [3.05, 3.63) is 59.0 Å². The van der Waals surface area contributed by atoms with Crippen LogP contribution in [0.5, 0.6) is 0 Å². The van der Waals surface area contributed by atoms with Crippen LogP contribution in [-0.2, 0) is 11.3 Å². The van der Waals surface area contributed by atoms with Crippen molar-refractivity contribution in [3.8, 4) is 0 Å². The molecule has 0 spiro atoms. The van der Waals surface area contributed by atoms with E-state index in [-0.39, 0.29) is 23.3 Å². The maximum atomic E-state index is 12.8. The summed E-state index contributed by atoms with van der Waals surface area (Å²) >= 11 is 0. The van der Waals surface area contributed by atoms with E-state index in [1.54, 1.807) is 18.1 Å². The molecule has 6 heteroatoms. The Kier molecular flexibility index (Phi) is 5.21. The highest BCUT2D eigenvalue weighted by atomic mass is 16.3. The van der Waals surface area contributed by atoms with E-state index >= 15 is 0 Å². The molecule has 1 aliphatic carbocycles. The molecule has 2 aliphatic rings. The molecule has 136 valence electrons. The van der Waals surface area contributed by atoms with Crippen LogP contribution in [0.4, 0.5) is 0 Å². The van der Waals surface area contributed by atoms with Gasteiger partial charge in [0.1, 0.15) is 5.71 Å². The summed E-state index contributed by atoms with van der Waals surface area (Å²) in [5, 5.41) is 28.7. The summed E-state index contributed by atoms with van der Waals surface area (Å²) in [5.41, 5.74) is 2.70. The van der Waals surface area contributed by atoms with Crippen LogP contribution in [0.15, 0.2) is 47.9 Å². The Bertz CT molecular complexity index is 793. The third-order valence-electron chi connectivity index (χ3n) is 4.88. The van der Waals surface area contributed by atoms with E-state index in [1.165, 1.54) is 12.3 Å². The lowest BCUT2D eigenvalue weighted by Gasteiger charge is -2.35. The van der Waals surface area contributed by atoms with Crippen molar-refractivity contribution in [2.45, 2.75) is 25.3 Å². The van der Waals surface area contributed by atoms with Gasteiger partial charge < -0.3 is 20.7 Å². The molecule has 4 N–H and O–H groups in total. The van der Waals surface area contributed by atoms with Crippen molar-refractivity contribution in [3.63, 3.8) is 0 Å². The quantitative estimate of drug-likeness (QED) is 0.468. The number of fused-ring (bicyclic) bond motifs is 1. The summed E-state index contributed by atoms with van der Waals surface area (Å²) in [5.74, 6) is -0.276. The van der Waals surface area contributed by atoms with Gasteiger partial charge in [-0.05, 0) is 29.5 Å². The van der Waals surface area contributed by atoms with Crippen LogP contribution in [0.3, 0.4) is 0 Å². The van der Waals surface area contributed by atoms with Crippen molar-refractivity contribution in [1.29, 1.82) is 10.8 Å². The van der Waals surface area contributed by atoms with E-state index in [2.05, 4.69) is 5.32 Å². The Morgan fingerprint density at radius 1 is 1.35 bits per heavy atom. The lowest BCUT2D eigenvalue weighted by molar-refractivity contribution is -0.125. The Balaban J connectivity index is 1.87. The second-order valence-electron chi connectivity index (χ2n) is 6.77. The molecule has 0 aromatic heterocycles. The van der Waals surface area contributed by atoms with E-state index in [4.69, 9.17) is 10.8 Å². The Hall–Kier alpha value is -2.89. The number of rotatable bonds is 6. The summed E-state index contributed by atoms with van der Waals surface area (Å²) in [6, 6.07) is 7.89. The third-order valence-corrected chi connectivity index (χ3v) is 4.88. The number of aliphatic hydroxyl groups is 1. The average molecular weight is 352 g/mol. The number of hydrogen-bond acceptors (Lipinski definition) is 5. The first kappa shape index (κ1) is 17.9. The van der Waals surface area contributed by atoms with Crippen molar-refractivity contribution >= 4 is 17.8 Å². The Labute approximate surface area is 153 Å². The van der Waals surface area contributed by atoms with E-state index < -0.39 is 5.91 Å². The molecule has 1 fully saturated rings. The summed E-state index contributed by atoms with van der Waals surface area (Å²) in [6.07, 6.45) is 6.19. The van der Waals surface area contributed by atoms with Crippen molar-refractivity contribution in [2.75, 3.05) is 13.6 Å². The molecule has 0 unspecified atom stereocenters. The first-order valence-corrected chi connectivity index (χ1v) is 8.79. The molecule has 1 aromatic rings. The van der Waals surface area contributed by atoms with Crippen LogP contribution in [0.2, 0.25) is 0 Å². The third kappa shape index (κ3) is 3.69. The number of carbonyl (C=O) groups is 1. The maximum absolute atomic E-state index is 12.8. The number of benzene rings is 1. The zero-order valence-corrected chi connectivity index (χ0v) is 14.8. The van der Waals surface area contributed by atoms with Crippen LogP contribution in [0.25, 0.3) is 0 Å². The van der Waals surface area contributed by atoms with Gasteiger partial charge in [-0.25, -0.2) is 0 Å². The number of aliphatic hydroxyl groups excluding tert-OH is 1. The molecule has 0 bridgehead atoms. The zero-order chi connectivity index (χ0) is 18.7. The molecule has 0 radical (unpaired) electrons. The monoisotopic (exact) mass is 352 g/mol. The van der Waals surface area contributed by atoms with Gasteiger partial charge in [-0.3, -0.25) is 10.2 Å². The van der Waals surface area contributed by atoms with Gasteiger partial charge in [0.15, 0.2) is 0 Å². The first-order valence-electron chi connectivity index (χ1n) is 8.79. The predicted octanol–water partition coefficient (Wildman–Crippen LogP) is 2.74. The van der Waals surface area contributed by atoms with Gasteiger partial charge >= 0.3 is 0 Å². The molecule has 1 atom stereocenters. The minimum Gasteiger partial charge on any atom is -0.512 e. The van der Waals surface area contributed by atoms with Gasteiger partial charge in [0, 0.05) is 50.5 Å². The van der Waals surface area contributed by atoms with Crippen LogP contribution in [0.1, 0.15) is 29.9 Å². The minimum atomic E-state index is -0.398. The average Bonchev–Trinajstić information content (AvgIpc) is 3.50. The Morgan fingerprint density at radius 2 is 2.08 bits per heavy atom. The fourth-order valence-corrected chi connectivity index (χ4v) is 3.33. The largest absolute Gasteiger partial charge is 0.512 e. The second-order valence-corrected chi connectivity index (χ2v) is 6.77. The van der Waals surface area contributed by atoms with Crippen LogP contribution in [-0.4, -0.2) is 41.4 Å². The number of nitrogens with zero attached hydrogens (tertiary/aromatic N) is 1. The van der Waals surface area contributed by atoms with Gasteiger partial charge in [-0.1, -0.05) is 24.3 Å². The fraction of sp³-hybridized carbons (Fsp3) is 0.350. The molecule has 0 saturated heterocycles. The Morgan fingerprint density at radius 3 is 2.73 bits per heavy atom. The number of allylic oxidation sites excluding steroid dienone is 1. The lowest BCUT2D eigenvalue weighted by Crippen LogP contribution is -2.42. The van der Waals surface area contributed by atoms with Gasteiger partial charge in [0.2, 0.25) is 0 Å². The van der Waals surface area contributed by atoms with Gasteiger partial charge in [-0.2, -0.15) is 0 Å². The topological polar surface area (TPSA) is 100 Å². The second kappa shape index (κ2) is 7.56. The highest BCUT2D eigenvalue weighted by Gasteiger charge is 2.32. The lowest BCUT2D eigenvalue weighted by atomic mass is 9.85. The summed E-state index contributed by atoms with van der Waals surface area (Å²) in [6.45, 7) is 0.829. The highest BCUT2D eigenvalue weighted by Crippen LogP contribution is 2.35. The summed E-state index contributed by atoms with van der Waals surface area (Å²) in [4.78, 5) is 14.4. The van der Waals surface area contributed by atoms with Gasteiger partial charge in [-0.15, -0.1) is 0 Å². The molecule has 1 heterocycles. The van der Waals surface area contributed by atoms with Crippen LogP contribution in [0, 0.1) is 16.7 Å². The first-order chi connectivity index (χ1) is 12.5. The highest BCUT2D eigenvalue weighted by molar-refractivity contribution is 6.42. The van der Waals surface area contributed by atoms with E-state index in [0.717, 1.165) is 29.5 Å². The smallest absolute Gasteiger partial charge is 0.272 e.